The van der Waals surface area contributed by atoms with Crippen molar-refractivity contribution in [2.24, 2.45) is 0 Å². The fraction of sp³-hybridized carbons (Fsp3) is 0.357. The molecule has 2 fully saturated rings. The van der Waals surface area contributed by atoms with Crippen molar-refractivity contribution in [3.05, 3.63) is 36.2 Å². The minimum Gasteiger partial charge on any atom is -0.332 e. The first kappa shape index (κ1) is 11.2. The van der Waals surface area contributed by atoms with Gasteiger partial charge in [0.1, 0.15) is 0 Å². The van der Waals surface area contributed by atoms with Crippen molar-refractivity contribution in [2.45, 2.75) is 17.7 Å². The van der Waals surface area contributed by atoms with Crippen LogP contribution in [0.2, 0.25) is 0 Å². The van der Waals surface area contributed by atoms with Crippen LogP contribution in [-0.4, -0.2) is 44.6 Å². The molecule has 1 aromatic heterocycles. The molecular formula is C14H13N3OS. The van der Waals surface area contributed by atoms with Gasteiger partial charge in [-0.05, 0) is 6.42 Å². The first-order chi connectivity index (χ1) is 9.33. The molecule has 2 atom stereocenters. The Morgan fingerprint density at radius 1 is 1.37 bits per heavy atom. The Balaban J connectivity index is 1.76. The number of likely N-dealkylation sites (tertiary alicyclic amines) is 1. The summed E-state index contributed by atoms with van der Waals surface area (Å²) in [5, 5.41) is 10.5. The Labute approximate surface area is 115 Å². The van der Waals surface area contributed by atoms with Crippen LogP contribution in [0.15, 0.2) is 30.5 Å². The van der Waals surface area contributed by atoms with E-state index < -0.39 is 0 Å². The third-order valence-electron chi connectivity index (χ3n) is 3.93. The van der Waals surface area contributed by atoms with Crippen molar-refractivity contribution in [3.8, 4) is 0 Å². The molecule has 2 aliphatic heterocycles. The molecule has 96 valence electrons. The fourth-order valence-corrected chi connectivity index (χ4v) is 4.40. The molecular weight excluding hydrogens is 258 g/mol. The predicted molar refractivity (Wildman–Crippen MR) is 75.2 cm³/mol. The summed E-state index contributed by atoms with van der Waals surface area (Å²) in [4.78, 5) is 14.6. The molecule has 1 aromatic carbocycles. The molecule has 0 N–H and O–H groups in total. The van der Waals surface area contributed by atoms with Crippen LogP contribution in [0.5, 0.6) is 0 Å². The van der Waals surface area contributed by atoms with Gasteiger partial charge in [-0.2, -0.15) is 16.9 Å². The van der Waals surface area contributed by atoms with E-state index in [1.165, 1.54) is 0 Å². The highest BCUT2D eigenvalue weighted by molar-refractivity contribution is 8.00. The molecule has 2 aromatic rings. The van der Waals surface area contributed by atoms with Gasteiger partial charge >= 0.3 is 0 Å². The normalized spacial score (nSPS) is 25.2. The van der Waals surface area contributed by atoms with Crippen LogP contribution >= 0.6 is 11.8 Å². The van der Waals surface area contributed by atoms with Gasteiger partial charge in [-0.3, -0.25) is 4.79 Å². The highest BCUT2D eigenvalue weighted by atomic mass is 32.2. The molecule has 2 saturated heterocycles. The number of carbonyl (C=O) groups excluding carboxylic acids is 1. The minimum absolute atomic E-state index is 0.0390. The highest BCUT2D eigenvalue weighted by Crippen LogP contribution is 2.38. The Kier molecular flexibility index (Phi) is 2.48. The van der Waals surface area contributed by atoms with Crippen LogP contribution in [0.3, 0.4) is 0 Å². The Hall–Kier alpha value is -1.62. The average molecular weight is 271 g/mol. The summed E-state index contributed by atoms with van der Waals surface area (Å²) < 4.78 is 0. The molecule has 0 aliphatic carbocycles. The summed E-state index contributed by atoms with van der Waals surface area (Å²) in [5.41, 5.74) is 0.496. The standard InChI is InChI=1S/C14H13N3OS/c18-14(17-7-11-5-10(17)8-19-11)13-12-4-2-1-3-9(12)6-15-16-13/h1-4,6,10-11H,5,7-8H2/t10-,11-/m0/s1. The Morgan fingerprint density at radius 2 is 2.26 bits per heavy atom. The van der Waals surface area contributed by atoms with E-state index in [2.05, 4.69) is 10.2 Å². The Bertz CT molecular complexity index is 655. The van der Waals surface area contributed by atoms with Crippen LogP contribution in [-0.2, 0) is 0 Å². The van der Waals surface area contributed by atoms with Gasteiger partial charge in [-0.1, -0.05) is 24.3 Å². The topological polar surface area (TPSA) is 46.1 Å². The maximum Gasteiger partial charge on any atom is 0.275 e. The van der Waals surface area contributed by atoms with Gasteiger partial charge in [-0.25, -0.2) is 0 Å². The number of hydrogen-bond acceptors (Lipinski definition) is 4. The molecule has 0 saturated carbocycles. The van der Waals surface area contributed by atoms with Gasteiger partial charge in [-0.15, -0.1) is 5.10 Å². The summed E-state index contributed by atoms with van der Waals surface area (Å²) in [6.07, 6.45) is 2.84. The van der Waals surface area contributed by atoms with Crippen LogP contribution in [0.1, 0.15) is 16.9 Å². The summed E-state index contributed by atoms with van der Waals surface area (Å²) in [5.74, 6) is 1.10. The van der Waals surface area contributed by atoms with Gasteiger partial charge in [0.05, 0.1) is 6.20 Å². The minimum atomic E-state index is 0.0390. The third kappa shape index (κ3) is 1.72. The van der Waals surface area contributed by atoms with Crippen molar-refractivity contribution in [1.29, 1.82) is 0 Å². The lowest BCUT2D eigenvalue weighted by Crippen LogP contribution is -2.39. The zero-order valence-corrected chi connectivity index (χ0v) is 11.1. The second-order valence-electron chi connectivity index (χ2n) is 5.08. The second-order valence-corrected chi connectivity index (χ2v) is 6.42. The number of thioether (sulfide) groups is 1. The van der Waals surface area contributed by atoms with Crippen molar-refractivity contribution in [3.63, 3.8) is 0 Å². The fourth-order valence-electron chi connectivity index (χ4n) is 2.97. The molecule has 3 heterocycles. The maximum absolute atomic E-state index is 12.7. The van der Waals surface area contributed by atoms with Gasteiger partial charge in [0, 0.05) is 34.4 Å². The summed E-state index contributed by atoms with van der Waals surface area (Å²) in [6, 6.07) is 8.19. The van der Waals surface area contributed by atoms with Crippen LogP contribution < -0.4 is 0 Å². The smallest absolute Gasteiger partial charge is 0.275 e. The number of hydrogen-bond donors (Lipinski definition) is 0. The Morgan fingerprint density at radius 3 is 3.05 bits per heavy atom. The van der Waals surface area contributed by atoms with E-state index in [4.69, 9.17) is 0 Å². The van der Waals surface area contributed by atoms with Gasteiger partial charge in [0.25, 0.3) is 5.91 Å². The average Bonchev–Trinajstić information content (AvgIpc) is 3.08. The first-order valence-electron chi connectivity index (χ1n) is 6.46. The molecule has 19 heavy (non-hydrogen) atoms. The lowest BCUT2D eigenvalue weighted by molar-refractivity contribution is 0.0742. The largest absolute Gasteiger partial charge is 0.332 e. The van der Waals surface area contributed by atoms with Crippen molar-refractivity contribution in [2.75, 3.05) is 12.3 Å². The first-order valence-corrected chi connectivity index (χ1v) is 7.51. The monoisotopic (exact) mass is 271 g/mol. The molecule has 5 heteroatoms. The van der Waals surface area contributed by atoms with Crippen LogP contribution in [0.25, 0.3) is 10.8 Å². The van der Waals surface area contributed by atoms with Crippen molar-refractivity contribution in [1.82, 2.24) is 15.1 Å². The van der Waals surface area contributed by atoms with Gasteiger partial charge in [0.15, 0.2) is 5.69 Å². The predicted octanol–water partition coefficient (Wildman–Crippen LogP) is 1.96. The number of rotatable bonds is 1. The highest BCUT2D eigenvalue weighted by Gasteiger charge is 2.41. The number of nitrogens with zero attached hydrogens (tertiary/aromatic N) is 3. The lowest BCUT2D eigenvalue weighted by atomic mass is 10.1. The van der Waals surface area contributed by atoms with Gasteiger partial charge in [0.2, 0.25) is 0 Å². The van der Waals surface area contributed by atoms with E-state index in [1.807, 2.05) is 40.9 Å². The van der Waals surface area contributed by atoms with Crippen LogP contribution in [0, 0.1) is 0 Å². The van der Waals surface area contributed by atoms with E-state index >= 15 is 0 Å². The maximum atomic E-state index is 12.7. The number of fused-ring (bicyclic) bond motifs is 3. The lowest BCUT2D eigenvalue weighted by Gasteiger charge is -2.26. The zero-order valence-electron chi connectivity index (χ0n) is 10.3. The quantitative estimate of drug-likeness (QED) is 0.795. The SMILES string of the molecule is O=C(c1nncc2ccccc12)N1C[C@@H]2C[C@H]1CS2. The number of aromatic nitrogens is 2. The summed E-state index contributed by atoms with van der Waals surface area (Å²) >= 11 is 1.98. The van der Waals surface area contributed by atoms with E-state index in [1.54, 1.807) is 6.20 Å². The summed E-state index contributed by atoms with van der Waals surface area (Å²) in [6.45, 7) is 0.860. The molecule has 4 rings (SSSR count). The number of benzene rings is 1. The molecule has 2 bridgehead atoms. The molecule has 4 nitrogen and oxygen atoms in total. The van der Waals surface area contributed by atoms with E-state index in [0.29, 0.717) is 17.0 Å². The zero-order chi connectivity index (χ0) is 12.8. The third-order valence-corrected chi connectivity index (χ3v) is 5.32. The van der Waals surface area contributed by atoms with E-state index in [9.17, 15) is 4.79 Å². The molecule has 0 radical (unpaired) electrons. The van der Waals surface area contributed by atoms with Crippen LogP contribution in [0.4, 0.5) is 0 Å². The van der Waals surface area contributed by atoms with E-state index in [-0.39, 0.29) is 5.91 Å². The second kappa shape index (κ2) is 4.20. The van der Waals surface area contributed by atoms with Crippen molar-refractivity contribution >= 4 is 28.4 Å². The molecule has 0 spiro atoms. The van der Waals surface area contributed by atoms with E-state index in [0.717, 1.165) is 29.5 Å². The number of carbonyl (C=O) groups is 1. The molecule has 1 amide bonds. The molecule has 2 aliphatic rings. The summed E-state index contributed by atoms with van der Waals surface area (Å²) in [7, 11) is 0. The van der Waals surface area contributed by atoms with Crippen molar-refractivity contribution < 1.29 is 4.79 Å². The molecule has 0 unspecified atom stereocenters. The number of amides is 1. The van der Waals surface area contributed by atoms with Gasteiger partial charge < -0.3 is 4.90 Å².